The van der Waals surface area contributed by atoms with Crippen LogP contribution in [0.3, 0.4) is 0 Å². The van der Waals surface area contributed by atoms with Crippen molar-refractivity contribution in [2.45, 2.75) is 20.8 Å². The second-order valence-electron chi connectivity index (χ2n) is 2.36. The number of nitrogens with two attached hydrogens (primary N) is 1. The van der Waals surface area contributed by atoms with Gasteiger partial charge in [0.05, 0.1) is 17.6 Å². The fourth-order valence-electron chi connectivity index (χ4n) is 0.715. The van der Waals surface area contributed by atoms with Crippen molar-refractivity contribution in [1.29, 1.82) is 0 Å². The van der Waals surface area contributed by atoms with E-state index in [4.69, 9.17) is 5.84 Å². The fourth-order valence-corrected chi connectivity index (χ4v) is 0.715. The summed E-state index contributed by atoms with van der Waals surface area (Å²) in [4.78, 5) is 4.14. The monoisotopic (exact) mass is 191 g/mol. The van der Waals surface area contributed by atoms with Crippen LogP contribution in [0.4, 0.5) is 5.69 Å². The maximum Gasteiger partial charge on any atom is 0.0752 e. The van der Waals surface area contributed by atoms with Crippen LogP contribution < -0.4 is 5.84 Å². The average Bonchev–Trinajstić information content (AvgIpc) is 2.30. The molecular formula is C11H17N3. The minimum absolute atomic E-state index is 0.707. The molecule has 0 saturated heterocycles. The van der Waals surface area contributed by atoms with Crippen LogP contribution in [-0.4, -0.2) is 11.9 Å². The van der Waals surface area contributed by atoms with Gasteiger partial charge in [-0.15, -0.1) is 0 Å². The van der Waals surface area contributed by atoms with Gasteiger partial charge in [-0.3, -0.25) is 4.99 Å². The van der Waals surface area contributed by atoms with Gasteiger partial charge in [-0.05, 0) is 19.1 Å². The van der Waals surface area contributed by atoms with Crippen molar-refractivity contribution < 1.29 is 0 Å². The number of hydrogen-bond acceptors (Lipinski definition) is 3. The molecule has 3 heteroatoms. The molecule has 1 aromatic carbocycles. The maximum absolute atomic E-state index is 5.03. The molecule has 0 heterocycles. The predicted octanol–water partition coefficient (Wildman–Crippen LogP) is 2.75. The van der Waals surface area contributed by atoms with Gasteiger partial charge in [0.1, 0.15) is 0 Å². The van der Waals surface area contributed by atoms with Gasteiger partial charge >= 0.3 is 0 Å². The molecule has 0 spiro atoms. The van der Waals surface area contributed by atoms with Crippen LogP contribution in [0.5, 0.6) is 0 Å². The van der Waals surface area contributed by atoms with E-state index in [0.717, 1.165) is 5.69 Å². The number of benzene rings is 1. The first-order valence-corrected chi connectivity index (χ1v) is 4.66. The summed E-state index contributed by atoms with van der Waals surface area (Å²) >= 11 is 0. The highest BCUT2D eigenvalue weighted by atomic mass is 15.1. The Labute approximate surface area is 85.4 Å². The average molecular weight is 191 g/mol. The summed E-state index contributed by atoms with van der Waals surface area (Å²) in [6.07, 6.45) is 1.63. The third-order valence-electron chi connectivity index (χ3n) is 1.36. The first-order valence-electron chi connectivity index (χ1n) is 4.66. The first kappa shape index (κ1) is 12.4. The predicted molar refractivity (Wildman–Crippen MR) is 63.2 cm³/mol. The van der Waals surface area contributed by atoms with E-state index >= 15 is 0 Å². The summed E-state index contributed by atoms with van der Waals surface area (Å²) in [5.41, 5.74) is 1.61. The molecule has 0 fully saturated rings. The van der Waals surface area contributed by atoms with Crippen molar-refractivity contribution in [1.82, 2.24) is 0 Å². The van der Waals surface area contributed by atoms with Gasteiger partial charge < -0.3 is 5.84 Å². The van der Waals surface area contributed by atoms with Gasteiger partial charge in [-0.1, -0.05) is 32.0 Å². The van der Waals surface area contributed by atoms with Crippen LogP contribution in [0.15, 0.2) is 40.4 Å². The van der Waals surface area contributed by atoms with Crippen LogP contribution in [0.1, 0.15) is 20.8 Å². The van der Waals surface area contributed by atoms with Crippen LogP contribution in [0, 0.1) is 0 Å². The zero-order valence-electron chi connectivity index (χ0n) is 8.94. The van der Waals surface area contributed by atoms with E-state index < -0.39 is 0 Å². The van der Waals surface area contributed by atoms with Crippen LogP contribution in [-0.2, 0) is 0 Å². The molecule has 0 aliphatic rings. The Morgan fingerprint density at radius 3 is 2.29 bits per heavy atom. The molecule has 3 nitrogen and oxygen atoms in total. The quantitative estimate of drug-likeness (QED) is 0.436. The molecule has 0 aliphatic carbocycles. The van der Waals surface area contributed by atoms with Crippen molar-refractivity contribution in [3.63, 3.8) is 0 Å². The smallest absolute Gasteiger partial charge is 0.0752 e. The number of aliphatic imine (C=N–C) groups is 1. The summed E-state index contributed by atoms with van der Waals surface area (Å²) in [6, 6.07) is 9.65. The van der Waals surface area contributed by atoms with Crippen molar-refractivity contribution in [2.24, 2.45) is 15.9 Å². The number of nitrogens with zero attached hydrogens (tertiary/aromatic N) is 2. The van der Waals surface area contributed by atoms with Crippen molar-refractivity contribution in [3.8, 4) is 0 Å². The number of hydrazone groups is 1. The molecule has 1 aromatic rings. The van der Waals surface area contributed by atoms with Gasteiger partial charge in [-0.25, -0.2) is 0 Å². The Hall–Kier alpha value is -1.64. The second-order valence-corrected chi connectivity index (χ2v) is 2.36. The standard InChI is InChI=1S/C9H11N3.C2H6/c1-8(12-10)7-11-9-5-3-2-4-6-9;1-2/h2-7H,10H2,1H3;1-2H3/b11-7?,12-8-;. The highest BCUT2D eigenvalue weighted by molar-refractivity contribution is 6.29. The van der Waals surface area contributed by atoms with E-state index in [-0.39, 0.29) is 0 Å². The van der Waals surface area contributed by atoms with E-state index in [1.807, 2.05) is 44.2 Å². The van der Waals surface area contributed by atoms with Gasteiger partial charge in [0.2, 0.25) is 0 Å². The first-order chi connectivity index (χ1) is 6.83. The molecule has 0 amide bonds. The zero-order valence-corrected chi connectivity index (χ0v) is 8.94. The Morgan fingerprint density at radius 1 is 1.21 bits per heavy atom. The summed E-state index contributed by atoms with van der Waals surface area (Å²) in [6.45, 7) is 5.80. The summed E-state index contributed by atoms with van der Waals surface area (Å²) < 4.78 is 0. The van der Waals surface area contributed by atoms with Gasteiger partial charge in [0.15, 0.2) is 0 Å². The van der Waals surface area contributed by atoms with Crippen LogP contribution >= 0.6 is 0 Å². The molecule has 0 aliphatic heterocycles. The fraction of sp³-hybridized carbons (Fsp3) is 0.273. The SMILES string of the molecule is C/C(C=Nc1ccccc1)=N/N.CC. The molecule has 0 bridgehead atoms. The van der Waals surface area contributed by atoms with E-state index in [1.165, 1.54) is 0 Å². The Morgan fingerprint density at radius 2 is 1.79 bits per heavy atom. The summed E-state index contributed by atoms with van der Waals surface area (Å²) in [5, 5.41) is 3.47. The zero-order chi connectivity index (χ0) is 10.8. The molecule has 2 N–H and O–H groups in total. The lowest BCUT2D eigenvalue weighted by Gasteiger charge is -1.90. The molecule has 76 valence electrons. The van der Waals surface area contributed by atoms with Crippen molar-refractivity contribution >= 4 is 17.6 Å². The molecule has 1 rings (SSSR count). The lowest BCUT2D eigenvalue weighted by Crippen LogP contribution is -1.96. The topological polar surface area (TPSA) is 50.7 Å². The van der Waals surface area contributed by atoms with E-state index in [1.54, 1.807) is 13.1 Å². The molecule has 0 aromatic heterocycles. The number of para-hydroxylation sites is 1. The molecular weight excluding hydrogens is 174 g/mol. The summed E-state index contributed by atoms with van der Waals surface area (Å²) in [7, 11) is 0. The minimum Gasteiger partial charge on any atom is -0.323 e. The van der Waals surface area contributed by atoms with Crippen LogP contribution in [0.2, 0.25) is 0 Å². The Bertz CT molecular complexity index is 289. The Kier molecular flexibility index (Phi) is 7.05. The lowest BCUT2D eigenvalue weighted by molar-refractivity contribution is 1.25. The summed E-state index contributed by atoms with van der Waals surface area (Å²) in [5.74, 6) is 5.03. The molecule has 0 atom stereocenters. The molecule has 0 unspecified atom stereocenters. The third-order valence-corrected chi connectivity index (χ3v) is 1.36. The molecule has 0 saturated carbocycles. The second kappa shape index (κ2) is 7.98. The van der Waals surface area contributed by atoms with Crippen molar-refractivity contribution in [2.75, 3.05) is 0 Å². The van der Waals surface area contributed by atoms with E-state index in [9.17, 15) is 0 Å². The van der Waals surface area contributed by atoms with Gasteiger partial charge in [0.25, 0.3) is 0 Å². The lowest BCUT2D eigenvalue weighted by atomic mass is 10.3. The Balaban J connectivity index is 0.000000791. The molecule has 14 heavy (non-hydrogen) atoms. The highest BCUT2D eigenvalue weighted by Gasteiger charge is 1.84. The maximum atomic E-state index is 5.03. The van der Waals surface area contributed by atoms with E-state index in [0.29, 0.717) is 5.71 Å². The van der Waals surface area contributed by atoms with Crippen molar-refractivity contribution in [3.05, 3.63) is 30.3 Å². The molecule has 0 radical (unpaired) electrons. The number of rotatable bonds is 2. The third kappa shape index (κ3) is 5.09. The highest BCUT2D eigenvalue weighted by Crippen LogP contribution is 2.07. The minimum atomic E-state index is 0.707. The normalized spacial score (nSPS) is 10.9. The largest absolute Gasteiger partial charge is 0.323 e. The van der Waals surface area contributed by atoms with Crippen LogP contribution in [0.25, 0.3) is 0 Å². The van der Waals surface area contributed by atoms with Gasteiger partial charge in [0, 0.05) is 0 Å². The van der Waals surface area contributed by atoms with Gasteiger partial charge in [-0.2, -0.15) is 5.10 Å². The number of hydrogen-bond donors (Lipinski definition) is 1. The van der Waals surface area contributed by atoms with E-state index in [2.05, 4.69) is 10.1 Å².